The van der Waals surface area contributed by atoms with Crippen LogP contribution in [-0.4, -0.2) is 21.9 Å². The molecule has 0 unspecified atom stereocenters. The van der Waals surface area contributed by atoms with Crippen LogP contribution in [0.1, 0.15) is 13.3 Å². The second kappa shape index (κ2) is 5.67. The third-order valence-corrected chi connectivity index (χ3v) is 3.55. The molecule has 0 saturated carbocycles. The van der Waals surface area contributed by atoms with Crippen LogP contribution in [0.3, 0.4) is 0 Å². The van der Waals surface area contributed by atoms with Crippen molar-refractivity contribution in [2.75, 3.05) is 7.11 Å². The summed E-state index contributed by atoms with van der Waals surface area (Å²) in [5.41, 5.74) is 1.00. The average Bonchev–Trinajstić information content (AvgIpc) is 2.72. The van der Waals surface area contributed by atoms with Gasteiger partial charge in [0.1, 0.15) is 5.75 Å². The summed E-state index contributed by atoms with van der Waals surface area (Å²) in [6, 6.07) is 5.87. The van der Waals surface area contributed by atoms with Gasteiger partial charge in [-0.05, 0) is 52.8 Å². The highest BCUT2D eigenvalue weighted by Gasteiger charge is 2.10. The topological polar surface area (TPSA) is 42.8 Å². The number of ether oxygens (including phenoxy) is 1. The molecule has 1 aromatic heterocycles. The highest BCUT2D eigenvalue weighted by atomic mass is 79.9. The van der Waals surface area contributed by atoms with E-state index in [1.54, 1.807) is 7.11 Å². The fourth-order valence-corrected chi connectivity index (χ4v) is 2.54. The van der Waals surface area contributed by atoms with Crippen molar-refractivity contribution in [1.29, 1.82) is 0 Å². The third-order valence-electron chi connectivity index (χ3n) is 2.62. The Kier molecular flexibility index (Phi) is 4.19. The molecule has 1 aromatic carbocycles. The lowest BCUT2D eigenvalue weighted by atomic mass is 10.2. The molecule has 0 bridgehead atoms. The van der Waals surface area contributed by atoms with Crippen LogP contribution in [0.2, 0.25) is 0 Å². The molecule has 0 atom stereocenters. The molecule has 0 spiro atoms. The molecule has 0 aliphatic rings. The van der Waals surface area contributed by atoms with E-state index < -0.39 is 0 Å². The van der Waals surface area contributed by atoms with Gasteiger partial charge in [0.05, 0.1) is 11.6 Å². The van der Waals surface area contributed by atoms with Crippen LogP contribution >= 0.6 is 28.1 Å². The molecule has 0 amide bonds. The fourth-order valence-electron chi connectivity index (χ4n) is 1.77. The van der Waals surface area contributed by atoms with Gasteiger partial charge in [-0.25, -0.2) is 0 Å². The Hall–Kier alpha value is -1.14. The number of H-pyrrole nitrogens is 1. The summed E-state index contributed by atoms with van der Waals surface area (Å²) in [4.78, 5) is 0. The molecule has 0 radical (unpaired) electrons. The quantitative estimate of drug-likeness (QED) is 0.869. The number of hydrogen-bond donors (Lipinski definition) is 1. The summed E-state index contributed by atoms with van der Waals surface area (Å²) in [6.07, 6.45) is 1.01. The molecule has 6 heteroatoms. The number of methoxy groups -OCH3 is 1. The van der Waals surface area contributed by atoms with Gasteiger partial charge < -0.3 is 9.30 Å². The molecule has 0 fully saturated rings. The van der Waals surface area contributed by atoms with E-state index in [1.165, 1.54) is 0 Å². The van der Waals surface area contributed by atoms with Crippen LogP contribution in [0.5, 0.6) is 5.75 Å². The summed E-state index contributed by atoms with van der Waals surface area (Å²) in [5.74, 6) is 1.65. The third kappa shape index (κ3) is 2.49. The minimum absolute atomic E-state index is 0.652. The summed E-state index contributed by atoms with van der Waals surface area (Å²) in [7, 11) is 1.65. The van der Waals surface area contributed by atoms with E-state index >= 15 is 0 Å². The number of nitrogens with zero attached hydrogens (tertiary/aromatic N) is 2. The molecule has 0 aliphatic heterocycles. The van der Waals surface area contributed by atoms with E-state index in [4.69, 9.17) is 17.0 Å². The van der Waals surface area contributed by atoms with Gasteiger partial charge in [-0.3, -0.25) is 5.10 Å². The Balaban J connectivity index is 2.49. The maximum absolute atomic E-state index is 5.23. The molecule has 2 aromatic rings. The van der Waals surface area contributed by atoms with Crippen molar-refractivity contribution in [3.63, 3.8) is 0 Å². The number of benzene rings is 1. The number of hydrogen-bond acceptors (Lipinski definition) is 3. The maximum Gasteiger partial charge on any atom is 0.195 e. The lowest BCUT2D eigenvalue weighted by molar-refractivity contribution is 0.412. The highest BCUT2D eigenvalue weighted by molar-refractivity contribution is 9.10. The molecule has 1 heterocycles. The predicted molar refractivity (Wildman–Crippen MR) is 77.4 cm³/mol. The zero-order valence-electron chi connectivity index (χ0n) is 10.2. The number of rotatable bonds is 4. The molecule has 18 heavy (non-hydrogen) atoms. The Morgan fingerprint density at radius 2 is 2.28 bits per heavy atom. The summed E-state index contributed by atoms with van der Waals surface area (Å²) < 4.78 is 8.77. The second-order valence-corrected chi connectivity index (χ2v) is 5.09. The van der Waals surface area contributed by atoms with Crippen molar-refractivity contribution in [1.82, 2.24) is 14.8 Å². The number of nitrogens with one attached hydrogen (secondary N) is 1. The summed E-state index contributed by atoms with van der Waals surface area (Å²) >= 11 is 8.70. The average molecular weight is 328 g/mol. The predicted octanol–water partition coefficient (Wildman–Crippen LogP) is 3.79. The van der Waals surface area contributed by atoms with Gasteiger partial charge in [-0.15, -0.1) is 0 Å². The number of aromatic amines is 1. The van der Waals surface area contributed by atoms with Crippen LogP contribution in [0.4, 0.5) is 0 Å². The van der Waals surface area contributed by atoms with Crippen molar-refractivity contribution in [2.45, 2.75) is 19.9 Å². The molecule has 1 N–H and O–H groups in total. The van der Waals surface area contributed by atoms with Gasteiger partial charge in [-0.1, -0.05) is 6.92 Å². The van der Waals surface area contributed by atoms with E-state index in [9.17, 15) is 0 Å². The number of halogens is 1. The van der Waals surface area contributed by atoms with Gasteiger partial charge in [0.25, 0.3) is 0 Å². The van der Waals surface area contributed by atoms with Crippen LogP contribution in [0.15, 0.2) is 22.7 Å². The first-order valence-corrected chi connectivity index (χ1v) is 6.86. The largest absolute Gasteiger partial charge is 0.496 e. The number of aromatic nitrogens is 3. The Labute approximate surface area is 119 Å². The second-order valence-electron chi connectivity index (χ2n) is 3.85. The van der Waals surface area contributed by atoms with Crippen molar-refractivity contribution in [3.8, 4) is 17.1 Å². The van der Waals surface area contributed by atoms with E-state index in [1.807, 2.05) is 22.8 Å². The van der Waals surface area contributed by atoms with E-state index in [2.05, 4.69) is 33.1 Å². The molecular formula is C12H14BrN3OS. The van der Waals surface area contributed by atoms with E-state index in [-0.39, 0.29) is 0 Å². The van der Waals surface area contributed by atoms with Crippen LogP contribution in [0.25, 0.3) is 11.4 Å². The van der Waals surface area contributed by atoms with Crippen molar-refractivity contribution in [2.24, 2.45) is 0 Å². The minimum Gasteiger partial charge on any atom is -0.496 e. The standard InChI is InChI=1S/C12H14BrN3OS/c1-3-6-16-11(14-15-12(16)18)8-4-5-10(17-2)9(13)7-8/h4-5,7H,3,6H2,1-2H3,(H,15,18). The first kappa shape index (κ1) is 13.3. The van der Waals surface area contributed by atoms with Gasteiger partial charge >= 0.3 is 0 Å². The van der Waals surface area contributed by atoms with Crippen molar-refractivity contribution >= 4 is 28.1 Å². The maximum atomic E-state index is 5.23. The van der Waals surface area contributed by atoms with E-state index in [0.717, 1.165) is 34.6 Å². The van der Waals surface area contributed by atoms with Crippen LogP contribution in [0, 0.1) is 4.77 Å². The highest BCUT2D eigenvalue weighted by Crippen LogP contribution is 2.29. The zero-order chi connectivity index (χ0) is 13.1. The first-order valence-electron chi connectivity index (χ1n) is 5.66. The van der Waals surface area contributed by atoms with E-state index in [0.29, 0.717) is 4.77 Å². The van der Waals surface area contributed by atoms with Crippen molar-refractivity contribution in [3.05, 3.63) is 27.4 Å². The lowest BCUT2D eigenvalue weighted by Gasteiger charge is -2.07. The van der Waals surface area contributed by atoms with Crippen LogP contribution < -0.4 is 4.74 Å². The molecule has 0 aliphatic carbocycles. The molecule has 96 valence electrons. The Bertz CT molecular complexity index is 606. The minimum atomic E-state index is 0.652. The fraction of sp³-hybridized carbons (Fsp3) is 0.333. The van der Waals surface area contributed by atoms with Gasteiger partial charge in [0, 0.05) is 12.1 Å². The summed E-state index contributed by atoms with van der Waals surface area (Å²) in [5, 5.41) is 7.12. The Morgan fingerprint density at radius 1 is 1.50 bits per heavy atom. The molecule has 2 rings (SSSR count). The monoisotopic (exact) mass is 327 g/mol. The molecule has 0 saturated heterocycles. The summed E-state index contributed by atoms with van der Waals surface area (Å²) in [6.45, 7) is 2.97. The van der Waals surface area contributed by atoms with Gasteiger partial charge in [0.15, 0.2) is 10.6 Å². The van der Waals surface area contributed by atoms with Gasteiger partial charge in [0.2, 0.25) is 0 Å². The van der Waals surface area contributed by atoms with Crippen molar-refractivity contribution < 1.29 is 4.74 Å². The molecule has 4 nitrogen and oxygen atoms in total. The SMILES string of the molecule is CCCn1c(-c2ccc(OC)c(Br)c2)n[nH]c1=S. The zero-order valence-corrected chi connectivity index (χ0v) is 12.6. The normalized spacial score (nSPS) is 10.6. The van der Waals surface area contributed by atoms with Crippen LogP contribution in [-0.2, 0) is 6.54 Å². The lowest BCUT2D eigenvalue weighted by Crippen LogP contribution is -2.00. The smallest absolute Gasteiger partial charge is 0.195 e. The first-order chi connectivity index (χ1) is 8.67. The molecular weight excluding hydrogens is 314 g/mol. The van der Waals surface area contributed by atoms with Gasteiger partial charge in [-0.2, -0.15) is 5.10 Å². The Morgan fingerprint density at radius 3 is 2.89 bits per heavy atom.